The molecule has 0 spiro atoms. The zero-order chi connectivity index (χ0) is 19.9. The van der Waals surface area contributed by atoms with Crippen LogP contribution < -0.4 is 21.1 Å². The number of carbonyl (C=O) groups is 3. The molecule has 5 rings (SSSR count). The lowest BCUT2D eigenvalue weighted by atomic mass is 9.53. The third kappa shape index (κ3) is 3.94. The molecule has 7 nitrogen and oxygen atoms in total. The minimum absolute atomic E-state index is 0.0818. The van der Waals surface area contributed by atoms with E-state index in [0.29, 0.717) is 22.8 Å². The van der Waals surface area contributed by atoms with Crippen LogP contribution >= 0.6 is 11.6 Å². The molecule has 1 aromatic carbocycles. The quantitative estimate of drug-likeness (QED) is 0.699. The average Bonchev–Trinajstić information content (AvgIpc) is 2.58. The van der Waals surface area contributed by atoms with Crippen LogP contribution in [-0.2, 0) is 4.79 Å². The summed E-state index contributed by atoms with van der Waals surface area (Å²) in [4.78, 5) is 36.0. The zero-order valence-corrected chi connectivity index (χ0v) is 16.3. The van der Waals surface area contributed by atoms with Crippen LogP contribution in [-0.4, -0.2) is 30.0 Å². The van der Waals surface area contributed by atoms with E-state index in [1.54, 1.807) is 0 Å². The highest BCUT2D eigenvalue weighted by molar-refractivity contribution is 6.31. The van der Waals surface area contributed by atoms with Gasteiger partial charge in [0.2, 0.25) is 0 Å². The predicted molar refractivity (Wildman–Crippen MR) is 103 cm³/mol. The number of primary amides is 1. The first kappa shape index (κ1) is 19.1. The van der Waals surface area contributed by atoms with Gasteiger partial charge in [0, 0.05) is 10.6 Å². The molecule has 4 aliphatic rings. The van der Waals surface area contributed by atoms with Crippen molar-refractivity contribution in [2.75, 3.05) is 6.61 Å². The van der Waals surface area contributed by atoms with E-state index in [1.807, 2.05) is 0 Å². The number of amides is 4. The first-order chi connectivity index (χ1) is 13.3. The number of carbonyl (C=O) groups excluding carboxylic acids is 3. The van der Waals surface area contributed by atoms with Gasteiger partial charge in [-0.25, -0.2) is 4.79 Å². The molecule has 0 saturated heterocycles. The highest BCUT2D eigenvalue weighted by Gasteiger charge is 2.51. The Hall–Kier alpha value is -2.28. The average molecular weight is 406 g/mol. The van der Waals surface area contributed by atoms with Gasteiger partial charge >= 0.3 is 6.03 Å². The number of hydrogen-bond donors (Lipinski definition) is 3. The van der Waals surface area contributed by atoms with E-state index in [-0.39, 0.29) is 16.9 Å². The number of nitrogens with two attached hydrogens (primary N) is 1. The summed E-state index contributed by atoms with van der Waals surface area (Å²) in [6.07, 6.45) is 6.84. The lowest BCUT2D eigenvalue weighted by Gasteiger charge is -2.56. The van der Waals surface area contributed by atoms with Gasteiger partial charge in [0.05, 0.1) is 5.56 Å². The largest absolute Gasteiger partial charge is 0.483 e. The molecule has 4 fully saturated rings. The van der Waals surface area contributed by atoms with Crippen molar-refractivity contribution in [2.45, 2.75) is 44.1 Å². The molecule has 0 aliphatic heterocycles. The topological polar surface area (TPSA) is 111 Å². The maximum atomic E-state index is 12.4. The molecule has 4 aliphatic carbocycles. The Labute approximate surface area is 168 Å². The molecule has 0 unspecified atom stereocenters. The number of nitrogens with one attached hydrogen (secondary N) is 2. The van der Waals surface area contributed by atoms with Gasteiger partial charge in [-0.2, -0.15) is 0 Å². The molecule has 150 valence electrons. The van der Waals surface area contributed by atoms with Crippen LogP contribution in [0.5, 0.6) is 5.75 Å². The molecule has 0 heterocycles. The Bertz CT molecular complexity index is 790. The number of benzene rings is 1. The fourth-order valence-corrected chi connectivity index (χ4v) is 5.83. The SMILES string of the molecule is NC(=O)c1cc(Cl)ccc1OCC(=O)NC(=O)NC12CC3CC(CC(C3)C1)C2. The summed E-state index contributed by atoms with van der Waals surface area (Å²) in [5, 5.41) is 5.74. The summed E-state index contributed by atoms with van der Waals surface area (Å²) >= 11 is 5.84. The molecule has 4 bridgehead atoms. The van der Waals surface area contributed by atoms with Crippen molar-refractivity contribution in [3.63, 3.8) is 0 Å². The van der Waals surface area contributed by atoms with Crippen molar-refractivity contribution in [1.82, 2.24) is 10.6 Å². The van der Waals surface area contributed by atoms with E-state index in [2.05, 4.69) is 10.6 Å². The maximum absolute atomic E-state index is 12.4. The van der Waals surface area contributed by atoms with Gasteiger partial charge in [-0.05, 0) is 74.5 Å². The van der Waals surface area contributed by atoms with E-state index in [1.165, 1.54) is 37.5 Å². The molecule has 4 N–H and O–H groups in total. The number of ether oxygens (including phenoxy) is 1. The monoisotopic (exact) mass is 405 g/mol. The van der Waals surface area contributed by atoms with E-state index in [0.717, 1.165) is 19.3 Å². The Balaban J connectivity index is 1.31. The molecule has 4 saturated carbocycles. The molecule has 0 radical (unpaired) electrons. The van der Waals surface area contributed by atoms with Gasteiger partial charge < -0.3 is 15.8 Å². The van der Waals surface area contributed by atoms with Crippen LogP contribution in [0.3, 0.4) is 0 Å². The van der Waals surface area contributed by atoms with Crippen molar-refractivity contribution < 1.29 is 19.1 Å². The third-order valence-electron chi connectivity index (χ3n) is 6.24. The van der Waals surface area contributed by atoms with Crippen molar-refractivity contribution >= 4 is 29.4 Å². The minimum Gasteiger partial charge on any atom is -0.483 e. The first-order valence-electron chi connectivity index (χ1n) is 9.66. The van der Waals surface area contributed by atoms with Gasteiger partial charge in [-0.3, -0.25) is 14.9 Å². The number of hydrogen-bond acceptors (Lipinski definition) is 4. The molecule has 4 amide bonds. The summed E-state index contributed by atoms with van der Waals surface area (Å²) in [5.74, 6) is 0.937. The second kappa shape index (κ2) is 7.28. The number of imide groups is 1. The van der Waals surface area contributed by atoms with E-state index in [9.17, 15) is 14.4 Å². The van der Waals surface area contributed by atoms with Crippen molar-refractivity contribution in [1.29, 1.82) is 0 Å². The van der Waals surface area contributed by atoms with Crippen LogP contribution in [0.4, 0.5) is 4.79 Å². The molecule has 0 aromatic heterocycles. The number of halogens is 1. The summed E-state index contributed by atoms with van der Waals surface area (Å²) in [6.45, 7) is -0.407. The molecule has 28 heavy (non-hydrogen) atoms. The summed E-state index contributed by atoms with van der Waals surface area (Å²) < 4.78 is 5.36. The summed E-state index contributed by atoms with van der Waals surface area (Å²) in [6, 6.07) is 3.88. The second-order valence-electron chi connectivity index (χ2n) is 8.49. The van der Waals surface area contributed by atoms with Gasteiger partial charge in [0.15, 0.2) is 6.61 Å². The van der Waals surface area contributed by atoms with Crippen LogP contribution in [0.25, 0.3) is 0 Å². The normalized spacial score (nSPS) is 30.0. The fourth-order valence-electron chi connectivity index (χ4n) is 5.66. The molecular formula is C20H24ClN3O4. The van der Waals surface area contributed by atoms with Crippen LogP contribution in [0.2, 0.25) is 5.02 Å². The van der Waals surface area contributed by atoms with Crippen molar-refractivity contribution in [3.8, 4) is 5.75 Å². The highest BCUT2D eigenvalue weighted by Crippen LogP contribution is 2.55. The Morgan fingerprint density at radius 3 is 2.29 bits per heavy atom. The number of urea groups is 1. The Kier molecular flexibility index (Phi) is 4.95. The lowest BCUT2D eigenvalue weighted by Crippen LogP contribution is -2.62. The van der Waals surface area contributed by atoms with E-state index < -0.39 is 24.5 Å². The minimum atomic E-state index is -0.711. The maximum Gasteiger partial charge on any atom is 0.321 e. The van der Waals surface area contributed by atoms with E-state index >= 15 is 0 Å². The third-order valence-corrected chi connectivity index (χ3v) is 6.47. The second-order valence-corrected chi connectivity index (χ2v) is 8.93. The summed E-state index contributed by atoms with van der Waals surface area (Å²) in [7, 11) is 0. The van der Waals surface area contributed by atoms with Gasteiger partial charge in [-0.15, -0.1) is 0 Å². The zero-order valence-electron chi connectivity index (χ0n) is 15.5. The van der Waals surface area contributed by atoms with Gasteiger partial charge in [0.1, 0.15) is 5.75 Å². The number of rotatable bonds is 5. The molecular weight excluding hydrogens is 382 g/mol. The van der Waals surface area contributed by atoms with Crippen molar-refractivity contribution in [2.24, 2.45) is 23.5 Å². The predicted octanol–water partition coefficient (Wildman–Crippen LogP) is 2.61. The van der Waals surface area contributed by atoms with Gasteiger partial charge in [0.25, 0.3) is 11.8 Å². The van der Waals surface area contributed by atoms with Crippen LogP contribution in [0.1, 0.15) is 48.9 Å². The molecule has 8 heteroatoms. The standard InChI is InChI=1S/C20H24ClN3O4/c21-14-1-2-16(15(6-14)18(22)26)28-10-17(25)23-19(27)24-20-7-11-3-12(8-20)5-13(4-11)9-20/h1-2,6,11-13H,3-5,7-10H2,(H2,22,26)(H2,23,24,25,27). The fraction of sp³-hybridized carbons (Fsp3) is 0.550. The van der Waals surface area contributed by atoms with Crippen LogP contribution in [0.15, 0.2) is 18.2 Å². The molecule has 0 atom stereocenters. The molecule has 1 aromatic rings. The van der Waals surface area contributed by atoms with Crippen LogP contribution in [0, 0.1) is 17.8 Å². The Morgan fingerprint density at radius 2 is 1.71 bits per heavy atom. The Morgan fingerprint density at radius 1 is 1.11 bits per heavy atom. The smallest absolute Gasteiger partial charge is 0.321 e. The highest BCUT2D eigenvalue weighted by atomic mass is 35.5. The lowest BCUT2D eigenvalue weighted by molar-refractivity contribution is -0.122. The first-order valence-corrected chi connectivity index (χ1v) is 10.0. The van der Waals surface area contributed by atoms with Gasteiger partial charge in [-0.1, -0.05) is 11.6 Å². The van der Waals surface area contributed by atoms with Crippen molar-refractivity contribution in [3.05, 3.63) is 28.8 Å². The summed E-state index contributed by atoms with van der Waals surface area (Å²) in [5.41, 5.74) is 5.20. The van der Waals surface area contributed by atoms with E-state index in [4.69, 9.17) is 22.1 Å².